The van der Waals surface area contributed by atoms with Crippen LogP contribution >= 0.6 is 15.9 Å². The molecule has 0 aliphatic carbocycles. The molecule has 3 rings (SSSR count). The molecule has 7 heteroatoms. The fraction of sp³-hybridized carbons (Fsp3) is 0.500. The van der Waals surface area contributed by atoms with E-state index in [0.717, 1.165) is 10.9 Å². The first-order chi connectivity index (χ1) is 11.1. The molecule has 2 aliphatic heterocycles. The van der Waals surface area contributed by atoms with Crippen LogP contribution in [0.2, 0.25) is 0 Å². The smallest absolute Gasteiger partial charge is 0.255 e. The zero-order valence-corrected chi connectivity index (χ0v) is 14.7. The van der Waals surface area contributed by atoms with Gasteiger partial charge in [-0.2, -0.15) is 0 Å². The fourth-order valence-electron chi connectivity index (χ4n) is 3.03. The lowest BCUT2D eigenvalue weighted by Gasteiger charge is -2.36. The van der Waals surface area contributed by atoms with Gasteiger partial charge in [-0.15, -0.1) is 0 Å². The third kappa shape index (κ3) is 3.57. The highest BCUT2D eigenvalue weighted by Gasteiger charge is 2.32. The summed E-state index contributed by atoms with van der Waals surface area (Å²) in [6.45, 7) is 4.36. The van der Waals surface area contributed by atoms with E-state index in [1.165, 1.54) is 0 Å². The van der Waals surface area contributed by atoms with E-state index in [0.29, 0.717) is 37.8 Å². The van der Waals surface area contributed by atoms with Crippen molar-refractivity contribution in [2.45, 2.75) is 25.4 Å². The summed E-state index contributed by atoms with van der Waals surface area (Å²) in [5, 5.41) is 0. The summed E-state index contributed by atoms with van der Waals surface area (Å²) in [6.07, 6.45) is 0.801. The summed E-state index contributed by atoms with van der Waals surface area (Å²) < 4.78 is 0.804. The van der Waals surface area contributed by atoms with E-state index in [9.17, 15) is 9.59 Å². The number of carbonyl (C=O) groups excluding carboxylic acids is 2. The summed E-state index contributed by atoms with van der Waals surface area (Å²) in [5.74, 6) is 0.133. The van der Waals surface area contributed by atoms with Crippen LogP contribution in [0.15, 0.2) is 28.7 Å². The number of hydrogen-bond acceptors (Lipinski definition) is 4. The number of nitrogens with zero attached hydrogens (tertiary/aromatic N) is 2. The van der Waals surface area contributed by atoms with E-state index < -0.39 is 0 Å². The number of hydrazine groups is 1. The van der Waals surface area contributed by atoms with Crippen molar-refractivity contribution >= 4 is 27.7 Å². The molecule has 2 heterocycles. The molecule has 2 atom stereocenters. The van der Waals surface area contributed by atoms with E-state index in [4.69, 9.17) is 0 Å². The van der Waals surface area contributed by atoms with Crippen LogP contribution in [-0.2, 0) is 4.79 Å². The first kappa shape index (κ1) is 16.4. The van der Waals surface area contributed by atoms with Crippen LogP contribution in [0.1, 0.15) is 23.7 Å². The monoisotopic (exact) mass is 380 g/mol. The molecule has 2 saturated heterocycles. The van der Waals surface area contributed by atoms with Gasteiger partial charge in [0.15, 0.2) is 0 Å². The van der Waals surface area contributed by atoms with Gasteiger partial charge in [-0.05, 0) is 41.4 Å². The first-order valence-corrected chi connectivity index (χ1v) is 8.69. The molecule has 1 aromatic rings. The van der Waals surface area contributed by atoms with Gasteiger partial charge in [0.2, 0.25) is 5.91 Å². The number of amides is 2. The highest BCUT2D eigenvalue weighted by molar-refractivity contribution is 9.10. The zero-order chi connectivity index (χ0) is 16.4. The summed E-state index contributed by atoms with van der Waals surface area (Å²) in [4.78, 5) is 28.7. The summed E-state index contributed by atoms with van der Waals surface area (Å²) in [6, 6.07) is 7.59. The van der Waals surface area contributed by atoms with Crippen LogP contribution < -0.4 is 10.9 Å². The third-order valence-corrected chi connectivity index (χ3v) is 5.07. The lowest BCUT2D eigenvalue weighted by molar-refractivity contribution is -0.134. The van der Waals surface area contributed by atoms with Crippen molar-refractivity contribution in [3.63, 3.8) is 0 Å². The number of nitrogens with one attached hydrogen (secondary N) is 2. The van der Waals surface area contributed by atoms with Crippen molar-refractivity contribution in [2.24, 2.45) is 0 Å². The van der Waals surface area contributed by atoms with Gasteiger partial charge >= 0.3 is 0 Å². The van der Waals surface area contributed by atoms with Crippen molar-refractivity contribution in [1.82, 2.24) is 20.7 Å². The Bertz CT molecular complexity index is 601. The highest BCUT2D eigenvalue weighted by atomic mass is 79.9. The second-order valence-corrected chi connectivity index (χ2v) is 6.93. The number of benzene rings is 1. The standard InChI is InChI=1S/C16H21BrN4O2/c1-11-10-14(19-18-11)16(23)21-8-6-20(7-9-21)15(22)12-4-2-3-5-13(12)17/h2-5,11,14,18-19H,6-10H2,1H3. The molecule has 2 unspecified atom stereocenters. The molecular formula is C16H21BrN4O2. The predicted octanol–water partition coefficient (Wildman–Crippen LogP) is 0.988. The Kier molecular flexibility index (Phi) is 4.99. The maximum Gasteiger partial charge on any atom is 0.255 e. The molecule has 0 aromatic heterocycles. The predicted molar refractivity (Wildman–Crippen MR) is 90.8 cm³/mol. The Hall–Kier alpha value is -1.44. The average molecular weight is 381 g/mol. The van der Waals surface area contributed by atoms with Gasteiger partial charge in [-0.25, -0.2) is 5.43 Å². The van der Waals surface area contributed by atoms with Crippen LogP contribution in [-0.4, -0.2) is 59.9 Å². The molecule has 0 bridgehead atoms. The van der Waals surface area contributed by atoms with Crippen molar-refractivity contribution in [1.29, 1.82) is 0 Å². The van der Waals surface area contributed by atoms with Crippen molar-refractivity contribution < 1.29 is 9.59 Å². The topological polar surface area (TPSA) is 64.7 Å². The number of piperazine rings is 1. The molecular weight excluding hydrogens is 360 g/mol. The minimum absolute atomic E-state index is 0.0128. The van der Waals surface area contributed by atoms with Gasteiger partial charge < -0.3 is 9.80 Å². The second-order valence-electron chi connectivity index (χ2n) is 6.08. The van der Waals surface area contributed by atoms with Gasteiger partial charge in [0.05, 0.1) is 5.56 Å². The second kappa shape index (κ2) is 6.98. The Labute approximate surface area is 144 Å². The summed E-state index contributed by atoms with van der Waals surface area (Å²) in [5.41, 5.74) is 6.79. The highest BCUT2D eigenvalue weighted by Crippen LogP contribution is 2.19. The van der Waals surface area contributed by atoms with Crippen LogP contribution in [0.5, 0.6) is 0 Å². The Morgan fingerprint density at radius 2 is 1.74 bits per heavy atom. The molecule has 2 fully saturated rings. The van der Waals surface area contributed by atoms with Crippen LogP contribution in [0.4, 0.5) is 0 Å². The van der Waals surface area contributed by atoms with Gasteiger partial charge in [-0.1, -0.05) is 12.1 Å². The van der Waals surface area contributed by atoms with Crippen molar-refractivity contribution in [2.75, 3.05) is 26.2 Å². The van der Waals surface area contributed by atoms with E-state index in [1.807, 2.05) is 34.1 Å². The van der Waals surface area contributed by atoms with Crippen LogP contribution in [0.25, 0.3) is 0 Å². The average Bonchev–Trinajstić information content (AvgIpc) is 3.01. The molecule has 0 radical (unpaired) electrons. The quantitative estimate of drug-likeness (QED) is 0.802. The lowest BCUT2D eigenvalue weighted by atomic mass is 10.1. The maximum atomic E-state index is 12.6. The van der Waals surface area contributed by atoms with Gasteiger partial charge in [0, 0.05) is 36.7 Å². The normalized spacial score (nSPS) is 24.8. The molecule has 0 saturated carbocycles. The zero-order valence-electron chi connectivity index (χ0n) is 13.1. The largest absolute Gasteiger partial charge is 0.338 e. The minimum atomic E-state index is -0.157. The number of carbonyl (C=O) groups is 2. The lowest BCUT2D eigenvalue weighted by Crippen LogP contribution is -2.54. The molecule has 2 amide bonds. The third-order valence-electron chi connectivity index (χ3n) is 4.37. The molecule has 1 aromatic carbocycles. The molecule has 6 nitrogen and oxygen atoms in total. The SMILES string of the molecule is CC1CC(C(=O)N2CCN(C(=O)c3ccccc3Br)CC2)NN1. The van der Waals surface area contributed by atoms with E-state index in [-0.39, 0.29) is 17.9 Å². The number of halogens is 1. The van der Waals surface area contributed by atoms with Gasteiger partial charge in [-0.3, -0.25) is 15.0 Å². The van der Waals surface area contributed by atoms with Crippen molar-refractivity contribution in [3.05, 3.63) is 34.3 Å². The Morgan fingerprint density at radius 1 is 1.09 bits per heavy atom. The Balaban J connectivity index is 1.57. The molecule has 2 N–H and O–H groups in total. The molecule has 2 aliphatic rings. The van der Waals surface area contributed by atoms with E-state index in [2.05, 4.69) is 33.7 Å². The maximum absolute atomic E-state index is 12.6. The first-order valence-electron chi connectivity index (χ1n) is 7.90. The van der Waals surface area contributed by atoms with E-state index in [1.54, 1.807) is 0 Å². The molecule has 23 heavy (non-hydrogen) atoms. The molecule has 124 valence electrons. The van der Waals surface area contributed by atoms with Crippen molar-refractivity contribution in [3.8, 4) is 0 Å². The van der Waals surface area contributed by atoms with Gasteiger partial charge in [0.25, 0.3) is 5.91 Å². The van der Waals surface area contributed by atoms with Gasteiger partial charge in [0.1, 0.15) is 6.04 Å². The number of hydrogen-bond donors (Lipinski definition) is 2. The Morgan fingerprint density at radius 3 is 2.35 bits per heavy atom. The minimum Gasteiger partial charge on any atom is -0.338 e. The summed E-state index contributed by atoms with van der Waals surface area (Å²) >= 11 is 3.42. The summed E-state index contributed by atoms with van der Waals surface area (Å²) in [7, 11) is 0. The fourth-order valence-corrected chi connectivity index (χ4v) is 3.49. The van der Waals surface area contributed by atoms with Crippen LogP contribution in [0, 0.1) is 0 Å². The van der Waals surface area contributed by atoms with Crippen LogP contribution in [0.3, 0.4) is 0 Å². The number of rotatable bonds is 2. The molecule has 0 spiro atoms. The van der Waals surface area contributed by atoms with E-state index >= 15 is 0 Å².